The number of hydrogen-bond acceptors (Lipinski definition) is 4. The van der Waals surface area contributed by atoms with Crippen LogP contribution in [0.25, 0.3) is 0 Å². The highest BCUT2D eigenvalue weighted by atomic mass is 16.5. The van der Waals surface area contributed by atoms with Gasteiger partial charge in [-0.1, -0.05) is 19.1 Å². The molecular weight excluding hydrogens is 292 g/mol. The van der Waals surface area contributed by atoms with Crippen LogP contribution < -0.4 is 11.1 Å². The Bertz CT molecular complexity index is 559. The maximum atomic E-state index is 11.5. The van der Waals surface area contributed by atoms with E-state index in [-0.39, 0.29) is 5.97 Å². The molecule has 6 heteroatoms. The molecule has 0 bridgehead atoms. The van der Waals surface area contributed by atoms with Crippen molar-refractivity contribution in [3.63, 3.8) is 0 Å². The molecule has 1 aromatic carbocycles. The second-order valence-electron chi connectivity index (χ2n) is 5.70. The Morgan fingerprint density at radius 3 is 3.09 bits per heavy atom. The molecule has 1 aliphatic rings. The monoisotopic (exact) mass is 318 g/mol. The number of carbonyl (C=O) groups is 1. The van der Waals surface area contributed by atoms with Gasteiger partial charge in [0, 0.05) is 12.6 Å². The van der Waals surface area contributed by atoms with E-state index in [1.165, 1.54) is 26.5 Å². The summed E-state index contributed by atoms with van der Waals surface area (Å²) < 4.78 is 4.72. The summed E-state index contributed by atoms with van der Waals surface area (Å²) in [6.45, 7) is 5.69. The van der Waals surface area contributed by atoms with E-state index in [4.69, 9.17) is 10.5 Å². The van der Waals surface area contributed by atoms with Crippen LogP contribution in [-0.2, 0) is 11.3 Å². The predicted molar refractivity (Wildman–Crippen MR) is 91.4 cm³/mol. The number of hydrogen-bond donors (Lipinski definition) is 2. The average Bonchev–Trinajstić information content (AvgIpc) is 3.05. The van der Waals surface area contributed by atoms with Gasteiger partial charge in [0.15, 0.2) is 5.96 Å². The number of carbonyl (C=O) groups excluding carboxylic acids is 1. The lowest BCUT2D eigenvalue weighted by atomic mass is 10.1. The van der Waals surface area contributed by atoms with Gasteiger partial charge in [-0.15, -0.1) is 0 Å². The quantitative estimate of drug-likeness (QED) is 0.470. The van der Waals surface area contributed by atoms with Crippen molar-refractivity contribution in [1.29, 1.82) is 0 Å². The van der Waals surface area contributed by atoms with Crippen LogP contribution in [0.5, 0.6) is 0 Å². The van der Waals surface area contributed by atoms with Gasteiger partial charge in [-0.25, -0.2) is 9.79 Å². The number of methoxy groups -OCH3 is 1. The molecule has 1 aliphatic heterocycles. The zero-order valence-corrected chi connectivity index (χ0v) is 13.9. The summed E-state index contributed by atoms with van der Waals surface area (Å²) in [5.41, 5.74) is 7.39. The summed E-state index contributed by atoms with van der Waals surface area (Å²) in [4.78, 5) is 18.3. The van der Waals surface area contributed by atoms with Crippen molar-refractivity contribution in [3.8, 4) is 0 Å². The number of aliphatic imine (C=N–C) groups is 1. The third-order valence-corrected chi connectivity index (χ3v) is 4.20. The second-order valence-corrected chi connectivity index (χ2v) is 5.70. The van der Waals surface area contributed by atoms with Crippen molar-refractivity contribution < 1.29 is 9.53 Å². The zero-order chi connectivity index (χ0) is 16.7. The molecule has 0 radical (unpaired) electrons. The Morgan fingerprint density at radius 2 is 2.35 bits per heavy atom. The lowest BCUT2D eigenvalue weighted by molar-refractivity contribution is 0.0600. The van der Waals surface area contributed by atoms with Gasteiger partial charge in [0.25, 0.3) is 0 Å². The molecule has 1 heterocycles. The maximum Gasteiger partial charge on any atom is 0.337 e. The molecule has 0 amide bonds. The number of ether oxygens (including phenoxy) is 1. The predicted octanol–water partition coefficient (Wildman–Crippen LogP) is 1.36. The van der Waals surface area contributed by atoms with Gasteiger partial charge in [0.1, 0.15) is 0 Å². The van der Waals surface area contributed by atoms with Gasteiger partial charge in [-0.3, -0.25) is 4.90 Å². The van der Waals surface area contributed by atoms with Crippen LogP contribution in [0.4, 0.5) is 0 Å². The molecular formula is C17H26N4O2. The summed E-state index contributed by atoms with van der Waals surface area (Å²) in [6.07, 6.45) is 2.45. The van der Waals surface area contributed by atoms with E-state index in [0.29, 0.717) is 24.1 Å². The van der Waals surface area contributed by atoms with Crippen LogP contribution >= 0.6 is 0 Å². The summed E-state index contributed by atoms with van der Waals surface area (Å²) in [5.74, 6) is 0.0965. The van der Waals surface area contributed by atoms with Crippen LogP contribution in [0.2, 0.25) is 0 Å². The molecule has 23 heavy (non-hydrogen) atoms. The number of nitrogens with one attached hydrogen (secondary N) is 1. The first-order valence-corrected chi connectivity index (χ1v) is 8.09. The molecule has 1 unspecified atom stereocenters. The first kappa shape index (κ1) is 17.3. The van der Waals surface area contributed by atoms with Crippen LogP contribution in [-0.4, -0.2) is 49.6 Å². The first-order chi connectivity index (χ1) is 11.1. The van der Waals surface area contributed by atoms with Crippen molar-refractivity contribution in [3.05, 3.63) is 35.4 Å². The molecule has 0 saturated carbocycles. The minimum atomic E-state index is -0.345. The Hall–Kier alpha value is -2.08. The highest BCUT2D eigenvalue weighted by Gasteiger charge is 2.22. The van der Waals surface area contributed by atoms with Gasteiger partial charge in [0.2, 0.25) is 0 Å². The number of guanidine groups is 1. The van der Waals surface area contributed by atoms with Crippen molar-refractivity contribution in [2.45, 2.75) is 32.4 Å². The summed E-state index contributed by atoms with van der Waals surface area (Å²) in [6, 6.07) is 7.77. The van der Waals surface area contributed by atoms with E-state index < -0.39 is 0 Å². The number of likely N-dealkylation sites (N-methyl/N-ethyl adjacent to an activating group) is 1. The molecule has 2 rings (SSSR count). The molecule has 0 aliphatic carbocycles. The second kappa shape index (κ2) is 8.53. The molecule has 1 fully saturated rings. The number of rotatable bonds is 6. The number of benzene rings is 1. The number of nitrogens with zero attached hydrogens (tertiary/aromatic N) is 2. The Balaban J connectivity index is 1.86. The standard InChI is InChI=1S/C17H26N4O2/c1-3-21-9-5-8-15(21)12-20-17(18)19-11-13-6-4-7-14(10-13)16(22)23-2/h4,6-7,10,15H,3,5,8-9,11-12H2,1-2H3,(H3,18,19,20). The van der Waals surface area contributed by atoms with E-state index in [0.717, 1.165) is 18.7 Å². The highest BCUT2D eigenvalue weighted by molar-refractivity contribution is 5.89. The van der Waals surface area contributed by atoms with E-state index in [1.54, 1.807) is 12.1 Å². The molecule has 3 N–H and O–H groups in total. The molecule has 1 saturated heterocycles. The Kier molecular flexibility index (Phi) is 6.40. The minimum absolute atomic E-state index is 0.345. The van der Waals surface area contributed by atoms with Crippen molar-refractivity contribution in [2.75, 3.05) is 26.7 Å². The van der Waals surface area contributed by atoms with E-state index in [1.807, 2.05) is 12.1 Å². The lowest BCUT2D eigenvalue weighted by Gasteiger charge is -2.23. The fourth-order valence-corrected chi connectivity index (χ4v) is 2.91. The third kappa shape index (κ3) is 4.96. The number of esters is 1. The molecule has 6 nitrogen and oxygen atoms in total. The smallest absolute Gasteiger partial charge is 0.337 e. The van der Waals surface area contributed by atoms with Gasteiger partial charge >= 0.3 is 5.97 Å². The fraction of sp³-hybridized carbons (Fsp3) is 0.529. The average molecular weight is 318 g/mol. The normalized spacial score (nSPS) is 18.9. The minimum Gasteiger partial charge on any atom is -0.465 e. The van der Waals surface area contributed by atoms with E-state index >= 15 is 0 Å². The number of nitrogens with two attached hydrogens (primary N) is 1. The zero-order valence-electron chi connectivity index (χ0n) is 13.9. The van der Waals surface area contributed by atoms with Gasteiger partial charge in [0.05, 0.1) is 19.2 Å². The third-order valence-electron chi connectivity index (χ3n) is 4.20. The molecule has 0 spiro atoms. The fourth-order valence-electron chi connectivity index (χ4n) is 2.91. The van der Waals surface area contributed by atoms with Gasteiger partial charge in [-0.2, -0.15) is 0 Å². The highest BCUT2D eigenvalue weighted by Crippen LogP contribution is 2.15. The van der Waals surface area contributed by atoms with E-state index in [2.05, 4.69) is 22.1 Å². The van der Waals surface area contributed by atoms with Crippen LogP contribution in [0, 0.1) is 0 Å². The van der Waals surface area contributed by atoms with E-state index in [9.17, 15) is 4.79 Å². The molecule has 126 valence electrons. The summed E-state index contributed by atoms with van der Waals surface area (Å²) >= 11 is 0. The maximum absolute atomic E-state index is 11.5. The molecule has 1 aromatic rings. The number of likely N-dealkylation sites (tertiary alicyclic amines) is 1. The van der Waals surface area contributed by atoms with Crippen molar-refractivity contribution in [1.82, 2.24) is 10.2 Å². The van der Waals surface area contributed by atoms with Crippen LogP contribution in [0.15, 0.2) is 29.3 Å². The van der Waals surface area contributed by atoms with Gasteiger partial charge < -0.3 is 15.8 Å². The van der Waals surface area contributed by atoms with Crippen LogP contribution in [0.3, 0.4) is 0 Å². The van der Waals surface area contributed by atoms with Gasteiger partial charge in [-0.05, 0) is 43.6 Å². The Labute approximate surface area is 137 Å². The SMILES string of the molecule is CCN1CCCC1CNC(N)=NCc1cccc(C(=O)OC)c1. The molecule has 1 atom stereocenters. The first-order valence-electron chi connectivity index (χ1n) is 8.09. The van der Waals surface area contributed by atoms with Crippen molar-refractivity contribution >= 4 is 11.9 Å². The Morgan fingerprint density at radius 1 is 1.52 bits per heavy atom. The lowest BCUT2D eigenvalue weighted by Crippen LogP contribution is -2.42. The topological polar surface area (TPSA) is 80.0 Å². The summed E-state index contributed by atoms with van der Waals surface area (Å²) in [5, 5.41) is 3.20. The van der Waals surface area contributed by atoms with Crippen molar-refractivity contribution in [2.24, 2.45) is 10.7 Å². The largest absolute Gasteiger partial charge is 0.465 e. The summed E-state index contributed by atoms with van der Waals surface area (Å²) in [7, 11) is 1.37. The molecule has 0 aromatic heterocycles. The van der Waals surface area contributed by atoms with Crippen LogP contribution in [0.1, 0.15) is 35.7 Å².